The highest BCUT2D eigenvalue weighted by Crippen LogP contribution is 2.23. The molecule has 0 fully saturated rings. The first-order valence-electron chi connectivity index (χ1n) is 7.57. The van der Waals surface area contributed by atoms with Gasteiger partial charge in [-0.15, -0.1) is 5.10 Å². The van der Waals surface area contributed by atoms with Crippen molar-refractivity contribution in [3.05, 3.63) is 70.5 Å². The van der Waals surface area contributed by atoms with E-state index >= 15 is 0 Å². The Balaban J connectivity index is 1.78. The lowest BCUT2D eigenvalue weighted by atomic mass is 10.2. The summed E-state index contributed by atoms with van der Waals surface area (Å²) in [5.74, 6) is 0.102. The molecule has 1 heterocycles. The summed E-state index contributed by atoms with van der Waals surface area (Å²) in [5, 5.41) is 8.64. The number of aromatic nitrogens is 3. The number of benzene rings is 2. The first-order valence-corrected chi connectivity index (χ1v) is 7.95. The predicted octanol–water partition coefficient (Wildman–Crippen LogP) is 3.59. The molecule has 0 saturated heterocycles. The van der Waals surface area contributed by atoms with Crippen molar-refractivity contribution in [2.75, 3.05) is 7.11 Å². The van der Waals surface area contributed by atoms with Gasteiger partial charge >= 0.3 is 5.97 Å². The van der Waals surface area contributed by atoms with Crippen molar-refractivity contribution in [3.63, 3.8) is 0 Å². The van der Waals surface area contributed by atoms with E-state index in [4.69, 9.17) is 21.1 Å². The van der Waals surface area contributed by atoms with Crippen LogP contribution in [0.15, 0.2) is 48.5 Å². The standard InChI is InChI=1S/C18H16ClN3O3/c1-12-17(18(23)25-11-13-7-9-14(19)10-8-13)20-21-22(12)15-5-3-4-6-16(15)24-2/h3-10H,11H2,1-2H3. The summed E-state index contributed by atoms with van der Waals surface area (Å²) in [6, 6.07) is 14.5. The first-order chi connectivity index (χ1) is 12.1. The summed E-state index contributed by atoms with van der Waals surface area (Å²) < 4.78 is 12.2. The lowest BCUT2D eigenvalue weighted by Crippen LogP contribution is -2.08. The van der Waals surface area contributed by atoms with E-state index in [1.54, 1.807) is 43.0 Å². The van der Waals surface area contributed by atoms with Crippen LogP contribution in [0.4, 0.5) is 0 Å². The van der Waals surface area contributed by atoms with Gasteiger partial charge in [0.2, 0.25) is 0 Å². The molecule has 0 amide bonds. The van der Waals surface area contributed by atoms with E-state index in [-0.39, 0.29) is 12.3 Å². The third kappa shape index (κ3) is 3.64. The van der Waals surface area contributed by atoms with Crippen molar-refractivity contribution < 1.29 is 14.3 Å². The molecular formula is C18H16ClN3O3. The maximum absolute atomic E-state index is 12.3. The van der Waals surface area contributed by atoms with E-state index in [0.29, 0.717) is 22.2 Å². The van der Waals surface area contributed by atoms with E-state index in [2.05, 4.69) is 10.3 Å². The maximum Gasteiger partial charge on any atom is 0.361 e. The molecule has 3 aromatic rings. The second-order valence-electron chi connectivity index (χ2n) is 5.31. The second-order valence-corrected chi connectivity index (χ2v) is 5.75. The Hall–Kier alpha value is -2.86. The highest BCUT2D eigenvalue weighted by molar-refractivity contribution is 6.30. The van der Waals surface area contributed by atoms with Crippen LogP contribution >= 0.6 is 11.6 Å². The second kappa shape index (κ2) is 7.36. The molecule has 25 heavy (non-hydrogen) atoms. The number of halogens is 1. The van der Waals surface area contributed by atoms with Crippen LogP contribution in [0.2, 0.25) is 5.02 Å². The number of rotatable bonds is 5. The van der Waals surface area contributed by atoms with Gasteiger partial charge in [-0.2, -0.15) is 0 Å². The fourth-order valence-corrected chi connectivity index (χ4v) is 2.48. The molecule has 0 aliphatic heterocycles. The number of hydrogen-bond acceptors (Lipinski definition) is 5. The molecule has 0 bridgehead atoms. The Labute approximate surface area is 149 Å². The lowest BCUT2D eigenvalue weighted by molar-refractivity contribution is 0.0464. The van der Waals surface area contributed by atoms with E-state index in [1.165, 1.54) is 0 Å². The van der Waals surface area contributed by atoms with Gasteiger partial charge in [0.15, 0.2) is 5.69 Å². The zero-order valence-electron chi connectivity index (χ0n) is 13.8. The highest BCUT2D eigenvalue weighted by atomic mass is 35.5. The number of carbonyl (C=O) groups excluding carboxylic acids is 1. The molecule has 0 unspecified atom stereocenters. The van der Waals surface area contributed by atoms with Crippen molar-refractivity contribution in [1.82, 2.24) is 15.0 Å². The molecule has 6 nitrogen and oxygen atoms in total. The van der Waals surface area contributed by atoms with E-state index in [0.717, 1.165) is 5.56 Å². The quantitative estimate of drug-likeness (QED) is 0.653. The Kier molecular flexibility index (Phi) is 5.00. The number of para-hydroxylation sites is 2. The van der Waals surface area contributed by atoms with Crippen LogP contribution < -0.4 is 4.74 Å². The molecule has 0 atom stereocenters. The highest BCUT2D eigenvalue weighted by Gasteiger charge is 2.20. The Bertz CT molecular complexity index is 891. The third-order valence-electron chi connectivity index (χ3n) is 3.68. The fraction of sp³-hybridized carbons (Fsp3) is 0.167. The largest absolute Gasteiger partial charge is 0.494 e. The Morgan fingerprint density at radius 1 is 1.16 bits per heavy atom. The maximum atomic E-state index is 12.3. The average molecular weight is 358 g/mol. The van der Waals surface area contributed by atoms with Crippen molar-refractivity contribution in [3.8, 4) is 11.4 Å². The summed E-state index contributed by atoms with van der Waals surface area (Å²) >= 11 is 5.84. The van der Waals surface area contributed by atoms with Gasteiger partial charge in [0, 0.05) is 5.02 Å². The molecule has 1 aromatic heterocycles. The zero-order chi connectivity index (χ0) is 17.8. The topological polar surface area (TPSA) is 66.2 Å². The Morgan fingerprint density at radius 2 is 1.88 bits per heavy atom. The number of ether oxygens (including phenoxy) is 2. The molecule has 0 spiro atoms. The molecular weight excluding hydrogens is 342 g/mol. The van der Waals surface area contributed by atoms with Crippen LogP contribution in [-0.4, -0.2) is 28.1 Å². The number of hydrogen-bond donors (Lipinski definition) is 0. The van der Waals surface area contributed by atoms with E-state index in [1.807, 2.05) is 24.3 Å². The van der Waals surface area contributed by atoms with Gasteiger partial charge in [-0.3, -0.25) is 0 Å². The van der Waals surface area contributed by atoms with Gasteiger partial charge in [0.25, 0.3) is 0 Å². The van der Waals surface area contributed by atoms with Gasteiger partial charge in [0.05, 0.1) is 12.8 Å². The number of esters is 1. The van der Waals surface area contributed by atoms with Gasteiger partial charge in [-0.1, -0.05) is 41.1 Å². The molecule has 0 radical (unpaired) electrons. The number of nitrogens with zero attached hydrogens (tertiary/aromatic N) is 3. The van der Waals surface area contributed by atoms with Gasteiger partial charge < -0.3 is 9.47 Å². The van der Waals surface area contributed by atoms with Gasteiger partial charge in [-0.05, 0) is 36.8 Å². The monoisotopic (exact) mass is 357 g/mol. The predicted molar refractivity (Wildman–Crippen MR) is 93.2 cm³/mol. The van der Waals surface area contributed by atoms with Crippen molar-refractivity contribution in [2.24, 2.45) is 0 Å². The minimum absolute atomic E-state index is 0.136. The summed E-state index contributed by atoms with van der Waals surface area (Å²) in [5.41, 5.74) is 2.28. The fourth-order valence-electron chi connectivity index (χ4n) is 2.35. The van der Waals surface area contributed by atoms with Crippen LogP contribution in [-0.2, 0) is 11.3 Å². The summed E-state index contributed by atoms with van der Waals surface area (Å²) in [6.07, 6.45) is 0. The van der Waals surface area contributed by atoms with Crippen LogP contribution in [0.25, 0.3) is 5.69 Å². The third-order valence-corrected chi connectivity index (χ3v) is 3.94. The molecule has 7 heteroatoms. The summed E-state index contributed by atoms with van der Waals surface area (Å²) in [4.78, 5) is 12.3. The Morgan fingerprint density at radius 3 is 2.60 bits per heavy atom. The number of methoxy groups -OCH3 is 1. The van der Waals surface area contributed by atoms with E-state index < -0.39 is 5.97 Å². The molecule has 0 N–H and O–H groups in total. The zero-order valence-corrected chi connectivity index (χ0v) is 14.5. The normalized spacial score (nSPS) is 10.5. The van der Waals surface area contributed by atoms with Crippen molar-refractivity contribution >= 4 is 17.6 Å². The summed E-state index contributed by atoms with van der Waals surface area (Å²) in [7, 11) is 1.58. The smallest absolute Gasteiger partial charge is 0.361 e. The molecule has 0 aliphatic rings. The van der Waals surface area contributed by atoms with Gasteiger partial charge in [-0.25, -0.2) is 9.48 Å². The average Bonchev–Trinajstić information content (AvgIpc) is 3.02. The molecule has 2 aromatic carbocycles. The lowest BCUT2D eigenvalue weighted by Gasteiger charge is -2.09. The summed E-state index contributed by atoms with van der Waals surface area (Å²) in [6.45, 7) is 1.89. The van der Waals surface area contributed by atoms with Crippen LogP contribution in [0, 0.1) is 6.92 Å². The van der Waals surface area contributed by atoms with Gasteiger partial charge in [0.1, 0.15) is 18.0 Å². The van der Waals surface area contributed by atoms with Crippen molar-refractivity contribution in [1.29, 1.82) is 0 Å². The minimum atomic E-state index is -0.534. The van der Waals surface area contributed by atoms with Crippen molar-refractivity contribution in [2.45, 2.75) is 13.5 Å². The SMILES string of the molecule is COc1ccccc1-n1nnc(C(=O)OCc2ccc(Cl)cc2)c1C. The first kappa shape index (κ1) is 17.0. The van der Waals surface area contributed by atoms with E-state index in [9.17, 15) is 4.79 Å². The minimum Gasteiger partial charge on any atom is -0.494 e. The molecule has 3 rings (SSSR count). The van der Waals surface area contributed by atoms with Crippen LogP contribution in [0.1, 0.15) is 21.7 Å². The van der Waals surface area contributed by atoms with Crippen LogP contribution in [0.5, 0.6) is 5.75 Å². The molecule has 0 saturated carbocycles. The molecule has 128 valence electrons. The number of carbonyl (C=O) groups is 1. The van der Waals surface area contributed by atoms with Crippen LogP contribution in [0.3, 0.4) is 0 Å². The molecule has 0 aliphatic carbocycles.